The third kappa shape index (κ3) is 2.16. The highest BCUT2D eigenvalue weighted by atomic mass is 19.4. The van der Waals surface area contributed by atoms with Gasteiger partial charge in [-0.3, -0.25) is 0 Å². The Labute approximate surface area is 78.5 Å². The lowest BCUT2D eigenvalue weighted by molar-refractivity contribution is -0.138. The zero-order valence-electron chi connectivity index (χ0n) is 7.22. The Bertz CT molecular complexity index is 379. The van der Waals surface area contributed by atoms with Crippen molar-refractivity contribution >= 4 is 0 Å². The summed E-state index contributed by atoms with van der Waals surface area (Å²) in [7, 11) is 0. The van der Waals surface area contributed by atoms with Crippen molar-refractivity contribution < 1.29 is 17.9 Å². The molecule has 74 valence electrons. The van der Waals surface area contributed by atoms with E-state index in [1.54, 1.807) is 0 Å². The molecule has 1 aromatic carbocycles. The van der Waals surface area contributed by atoms with Crippen molar-refractivity contribution in [3.63, 3.8) is 0 Å². The topological polar surface area (TPSA) is 33.0 Å². The van der Waals surface area contributed by atoms with E-state index in [-0.39, 0.29) is 11.3 Å². The summed E-state index contributed by atoms with van der Waals surface area (Å²) in [5, 5.41) is 8.13. The Balaban J connectivity index is 3.17. The van der Waals surface area contributed by atoms with Crippen LogP contribution < -0.4 is 4.74 Å². The molecule has 0 N–H and O–H groups in total. The SMILES string of the molecule is Cc1ccc(OC#N)cc1C(F)(F)F. The van der Waals surface area contributed by atoms with Crippen LogP contribution in [0.1, 0.15) is 11.1 Å². The first-order valence-electron chi connectivity index (χ1n) is 3.69. The first kappa shape index (κ1) is 10.4. The quantitative estimate of drug-likeness (QED) is 0.654. The minimum atomic E-state index is -4.42. The van der Waals surface area contributed by atoms with E-state index >= 15 is 0 Å². The molecule has 0 saturated heterocycles. The highest BCUT2D eigenvalue weighted by molar-refractivity contribution is 5.37. The average Bonchev–Trinajstić information content (AvgIpc) is 2.07. The molecule has 1 rings (SSSR count). The number of aryl methyl sites for hydroxylation is 1. The second-order valence-corrected chi connectivity index (χ2v) is 2.67. The van der Waals surface area contributed by atoms with E-state index in [1.807, 2.05) is 0 Å². The first-order chi connectivity index (χ1) is 6.45. The monoisotopic (exact) mass is 201 g/mol. The minimum absolute atomic E-state index is 0.0998. The Hall–Kier alpha value is -1.70. The van der Waals surface area contributed by atoms with Crippen LogP contribution in [0, 0.1) is 18.4 Å². The molecule has 0 heterocycles. The maximum absolute atomic E-state index is 12.3. The van der Waals surface area contributed by atoms with Crippen molar-refractivity contribution in [1.29, 1.82) is 5.26 Å². The molecule has 0 aliphatic rings. The van der Waals surface area contributed by atoms with E-state index in [4.69, 9.17) is 5.26 Å². The number of rotatable bonds is 1. The fourth-order valence-electron chi connectivity index (χ4n) is 1.02. The molecule has 0 aliphatic carbocycles. The van der Waals surface area contributed by atoms with Gasteiger partial charge in [-0.15, -0.1) is 5.26 Å². The van der Waals surface area contributed by atoms with Crippen LogP contribution in [-0.2, 0) is 6.18 Å². The molecule has 0 spiro atoms. The number of halogens is 3. The fraction of sp³-hybridized carbons (Fsp3) is 0.222. The standard InChI is InChI=1S/C9H6F3NO/c1-6-2-3-7(14-5-13)4-8(6)9(10,11)12/h2-4H,1H3. The zero-order chi connectivity index (χ0) is 10.8. The maximum atomic E-state index is 12.3. The largest absolute Gasteiger partial charge is 0.416 e. The van der Waals surface area contributed by atoms with Crippen LogP contribution in [0.25, 0.3) is 0 Å². The number of benzene rings is 1. The summed E-state index contributed by atoms with van der Waals surface area (Å²) in [6, 6.07) is 3.38. The molecular formula is C9H6F3NO. The van der Waals surface area contributed by atoms with Gasteiger partial charge in [0.25, 0.3) is 6.26 Å². The Morgan fingerprint density at radius 1 is 1.36 bits per heavy atom. The normalized spacial score (nSPS) is 10.8. The summed E-state index contributed by atoms with van der Waals surface area (Å²) < 4.78 is 41.3. The molecule has 0 fully saturated rings. The molecule has 1 aromatic rings. The number of hydrogen-bond acceptors (Lipinski definition) is 2. The number of ether oxygens (including phenoxy) is 1. The lowest BCUT2D eigenvalue weighted by Gasteiger charge is -2.10. The van der Waals surface area contributed by atoms with E-state index in [0.717, 1.165) is 6.07 Å². The van der Waals surface area contributed by atoms with E-state index in [1.165, 1.54) is 25.3 Å². The van der Waals surface area contributed by atoms with Crippen molar-refractivity contribution in [2.45, 2.75) is 13.1 Å². The zero-order valence-corrected chi connectivity index (χ0v) is 7.22. The van der Waals surface area contributed by atoms with Gasteiger partial charge in [0.2, 0.25) is 0 Å². The first-order valence-corrected chi connectivity index (χ1v) is 3.69. The van der Waals surface area contributed by atoms with Crippen LogP contribution in [0.5, 0.6) is 5.75 Å². The van der Waals surface area contributed by atoms with Crippen LogP contribution in [-0.4, -0.2) is 0 Å². The molecule has 2 nitrogen and oxygen atoms in total. The molecule has 0 bridgehead atoms. The summed E-state index contributed by atoms with van der Waals surface area (Å²) >= 11 is 0. The molecule has 0 atom stereocenters. The smallest absolute Gasteiger partial charge is 0.388 e. The molecule has 0 amide bonds. The number of alkyl halides is 3. The molecule has 5 heteroatoms. The number of hydrogen-bond donors (Lipinski definition) is 0. The van der Waals surface area contributed by atoms with E-state index in [0.29, 0.717) is 0 Å². The van der Waals surface area contributed by atoms with Crippen LogP contribution in [0.3, 0.4) is 0 Å². The predicted molar refractivity (Wildman–Crippen MR) is 42.4 cm³/mol. The lowest BCUT2D eigenvalue weighted by Crippen LogP contribution is -2.07. The van der Waals surface area contributed by atoms with Gasteiger partial charge in [0.15, 0.2) is 0 Å². The van der Waals surface area contributed by atoms with Crippen LogP contribution in [0.15, 0.2) is 18.2 Å². The maximum Gasteiger partial charge on any atom is 0.416 e. The number of nitrogens with zero attached hydrogens (tertiary/aromatic N) is 1. The summed E-state index contributed by atoms with van der Waals surface area (Å²) in [6.07, 6.45) is -3.10. The Morgan fingerprint density at radius 2 is 2.00 bits per heavy atom. The van der Waals surface area contributed by atoms with Gasteiger partial charge >= 0.3 is 6.18 Å². The predicted octanol–water partition coefficient (Wildman–Crippen LogP) is 2.87. The third-order valence-corrected chi connectivity index (χ3v) is 1.68. The highest BCUT2D eigenvalue weighted by Crippen LogP contribution is 2.33. The minimum Gasteiger partial charge on any atom is -0.388 e. The van der Waals surface area contributed by atoms with E-state index < -0.39 is 11.7 Å². The third-order valence-electron chi connectivity index (χ3n) is 1.68. The van der Waals surface area contributed by atoms with E-state index in [2.05, 4.69) is 4.74 Å². The fourth-order valence-corrected chi connectivity index (χ4v) is 1.02. The number of nitriles is 1. The van der Waals surface area contributed by atoms with Gasteiger partial charge in [0, 0.05) is 0 Å². The van der Waals surface area contributed by atoms with Crippen LogP contribution in [0.4, 0.5) is 13.2 Å². The van der Waals surface area contributed by atoms with Gasteiger partial charge in [-0.1, -0.05) is 6.07 Å². The van der Waals surface area contributed by atoms with Crippen LogP contribution >= 0.6 is 0 Å². The molecular weight excluding hydrogens is 195 g/mol. The van der Waals surface area contributed by atoms with Gasteiger partial charge in [-0.2, -0.15) is 13.2 Å². The van der Waals surface area contributed by atoms with Crippen molar-refractivity contribution in [2.75, 3.05) is 0 Å². The van der Waals surface area contributed by atoms with E-state index in [9.17, 15) is 13.2 Å². The second kappa shape index (κ2) is 3.58. The molecule has 0 aliphatic heterocycles. The van der Waals surface area contributed by atoms with Crippen molar-refractivity contribution in [3.8, 4) is 12.0 Å². The van der Waals surface area contributed by atoms with Gasteiger partial charge in [0.1, 0.15) is 5.75 Å². The average molecular weight is 201 g/mol. The van der Waals surface area contributed by atoms with Crippen molar-refractivity contribution in [3.05, 3.63) is 29.3 Å². The highest BCUT2D eigenvalue weighted by Gasteiger charge is 2.32. The Morgan fingerprint density at radius 3 is 2.50 bits per heavy atom. The van der Waals surface area contributed by atoms with Gasteiger partial charge in [-0.05, 0) is 24.6 Å². The van der Waals surface area contributed by atoms with Crippen molar-refractivity contribution in [2.24, 2.45) is 0 Å². The summed E-state index contributed by atoms with van der Waals surface area (Å²) in [4.78, 5) is 0. The lowest BCUT2D eigenvalue weighted by atomic mass is 10.1. The van der Waals surface area contributed by atoms with Gasteiger partial charge < -0.3 is 4.74 Å². The van der Waals surface area contributed by atoms with Crippen molar-refractivity contribution in [1.82, 2.24) is 0 Å². The molecule has 0 saturated carbocycles. The second-order valence-electron chi connectivity index (χ2n) is 2.67. The summed E-state index contributed by atoms with van der Waals surface area (Å²) in [6.45, 7) is 1.35. The molecule has 0 aromatic heterocycles. The molecule has 0 unspecified atom stereocenters. The van der Waals surface area contributed by atoms with Gasteiger partial charge in [0.05, 0.1) is 5.56 Å². The summed E-state index contributed by atoms with van der Waals surface area (Å²) in [5.74, 6) is -0.106. The van der Waals surface area contributed by atoms with Crippen LogP contribution in [0.2, 0.25) is 0 Å². The summed E-state index contributed by atoms with van der Waals surface area (Å²) in [5.41, 5.74) is -0.687. The van der Waals surface area contributed by atoms with Gasteiger partial charge in [-0.25, -0.2) is 0 Å². The molecule has 14 heavy (non-hydrogen) atoms. The molecule has 0 radical (unpaired) electrons. The Kier molecular flexibility index (Phi) is 2.65.